The van der Waals surface area contributed by atoms with E-state index in [1.807, 2.05) is 12.1 Å². The summed E-state index contributed by atoms with van der Waals surface area (Å²) < 4.78 is 0. The van der Waals surface area contributed by atoms with Crippen LogP contribution in [0.4, 0.5) is 5.69 Å². The molecule has 86 valence electrons. The van der Waals surface area contributed by atoms with Crippen LogP contribution in [0.2, 0.25) is 0 Å². The number of benzene rings is 1. The van der Waals surface area contributed by atoms with Crippen LogP contribution in [0.25, 0.3) is 0 Å². The molecule has 1 aromatic rings. The second-order valence-electron chi connectivity index (χ2n) is 4.50. The zero-order chi connectivity index (χ0) is 11.6. The third-order valence-electron chi connectivity index (χ3n) is 3.64. The lowest BCUT2D eigenvalue weighted by Crippen LogP contribution is -2.31. The minimum absolute atomic E-state index is 0.0646. The van der Waals surface area contributed by atoms with Gasteiger partial charge in [0.05, 0.1) is 4.92 Å². The summed E-state index contributed by atoms with van der Waals surface area (Å²) in [4.78, 5) is 10.2. The molecule has 2 N–H and O–H groups in total. The Morgan fingerprint density at radius 2 is 1.81 bits per heavy atom. The zero-order valence-corrected chi connectivity index (χ0v) is 9.19. The van der Waals surface area contributed by atoms with Crippen molar-refractivity contribution in [1.29, 1.82) is 0 Å². The van der Waals surface area contributed by atoms with Crippen LogP contribution in [-0.2, 0) is 5.41 Å². The van der Waals surface area contributed by atoms with Gasteiger partial charge in [0.25, 0.3) is 5.69 Å². The van der Waals surface area contributed by atoms with E-state index in [1.54, 1.807) is 12.1 Å². The van der Waals surface area contributed by atoms with Gasteiger partial charge in [0.15, 0.2) is 0 Å². The zero-order valence-electron chi connectivity index (χ0n) is 9.19. The quantitative estimate of drug-likeness (QED) is 0.628. The molecular weight excluding hydrogens is 204 g/mol. The molecule has 0 spiro atoms. The third kappa shape index (κ3) is 1.80. The monoisotopic (exact) mass is 220 g/mol. The molecule has 4 heteroatoms. The summed E-state index contributed by atoms with van der Waals surface area (Å²) in [6, 6.07) is 6.86. The Bertz CT molecular complexity index is 381. The van der Waals surface area contributed by atoms with E-state index in [0.29, 0.717) is 6.54 Å². The minimum Gasteiger partial charge on any atom is -0.330 e. The fourth-order valence-electron chi connectivity index (χ4n) is 2.60. The first kappa shape index (κ1) is 11.1. The van der Waals surface area contributed by atoms with Crippen LogP contribution in [0.15, 0.2) is 24.3 Å². The summed E-state index contributed by atoms with van der Waals surface area (Å²) in [5.41, 5.74) is 7.23. The van der Waals surface area contributed by atoms with Gasteiger partial charge < -0.3 is 5.73 Å². The number of rotatable bonds is 3. The highest BCUT2D eigenvalue weighted by molar-refractivity contribution is 5.37. The predicted octanol–water partition coefficient (Wildman–Crippen LogP) is 2.37. The van der Waals surface area contributed by atoms with Gasteiger partial charge in [0.1, 0.15) is 0 Å². The largest absolute Gasteiger partial charge is 0.330 e. The van der Waals surface area contributed by atoms with Crippen LogP contribution in [0.3, 0.4) is 0 Å². The molecule has 4 nitrogen and oxygen atoms in total. The molecule has 1 aromatic carbocycles. The maximum Gasteiger partial charge on any atom is 0.269 e. The molecule has 0 saturated heterocycles. The van der Waals surface area contributed by atoms with E-state index in [1.165, 1.54) is 12.8 Å². The predicted molar refractivity (Wildman–Crippen MR) is 62.3 cm³/mol. The molecule has 1 aliphatic carbocycles. The lowest BCUT2D eigenvalue weighted by molar-refractivity contribution is -0.384. The number of nitro groups is 1. The topological polar surface area (TPSA) is 69.2 Å². The number of nitrogens with two attached hydrogens (primary N) is 1. The second kappa shape index (κ2) is 4.22. The number of hydrogen-bond acceptors (Lipinski definition) is 3. The maximum atomic E-state index is 10.6. The molecule has 1 saturated carbocycles. The Morgan fingerprint density at radius 1 is 1.25 bits per heavy atom. The number of hydrogen-bond donors (Lipinski definition) is 1. The van der Waals surface area contributed by atoms with Gasteiger partial charge >= 0.3 is 0 Å². The Hall–Kier alpha value is -1.42. The standard InChI is InChI=1S/C12H16N2O2/c13-9-12(7-1-2-8-12)10-3-5-11(6-4-10)14(15)16/h3-6H,1-2,7-9,13H2. The van der Waals surface area contributed by atoms with Crippen molar-refractivity contribution in [2.45, 2.75) is 31.1 Å². The normalized spacial score (nSPS) is 18.6. The minimum atomic E-state index is -0.368. The first-order chi connectivity index (χ1) is 7.68. The van der Waals surface area contributed by atoms with Crippen molar-refractivity contribution >= 4 is 5.69 Å². The molecule has 0 heterocycles. The summed E-state index contributed by atoms with van der Waals surface area (Å²) in [7, 11) is 0. The first-order valence-electron chi connectivity index (χ1n) is 5.63. The molecule has 2 rings (SSSR count). The Balaban J connectivity index is 2.29. The van der Waals surface area contributed by atoms with Gasteiger partial charge in [-0.1, -0.05) is 25.0 Å². The van der Waals surface area contributed by atoms with E-state index in [4.69, 9.17) is 5.73 Å². The van der Waals surface area contributed by atoms with Crippen molar-refractivity contribution in [2.24, 2.45) is 5.73 Å². The number of nitro benzene ring substituents is 1. The SMILES string of the molecule is NCC1(c2ccc([N+](=O)[O-])cc2)CCCC1. The van der Waals surface area contributed by atoms with E-state index >= 15 is 0 Å². The molecule has 0 atom stereocenters. The van der Waals surface area contributed by atoms with E-state index in [-0.39, 0.29) is 16.0 Å². The molecule has 16 heavy (non-hydrogen) atoms. The summed E-state index contributed by atoms with van der Waals surface area (Å²) in [6.45, 7) is 0.630. The van der Waals surface area contributed by atoms with Crippen molar-refractivity contribution in [3.8, 4) is 0 Å². The van der Waals surface area contributed by atoms with Crippen LogP contribution in [0, 0.1) is 10.1 Å². The molecule has 0 radical (unpaired) electrons. The highest BCUT2D eigenvalue weighted by Crippen LogP contribution is 2.40. The van der Waals surface area contributed by atoms with Crippen LogP contribution >= 0.6 is 0 Å². The molecule has 1 aliphatic rings. The average molecular weight is 220 g/mol. The summed E-state index contributed by atoms with van der Waals surface area (Å²) in [5.74, 6) is 0. The second-order valence-corrected chi connectivity index (χ2v) is 4.50. The van der Waals surface area contributed by atoms with Crippen molar-refractivity contribution < 1.29 is 4.92 Å². The molecule has 0 unspecified atom stereocenters. The molecular formula is C12H16N2O2. The Kier molecular flexibility index (Phi) is 2.92. The molecule has 0 bridgehead atoms. The van der Waals surface area contributed by atoms with Crippen molar-refractivity contribution in [2.75, 3.05) is 6.54 Å². The fraction of sp³-hybridized carbons (Fsp3) is 0.500. The first-order valence-corrected chi connectivity index (χ1v) is 5.63. The summed E-state index contributed by atoms with van der Waals surface area (Å²) in [5, 5.41) is 10.6. The van der Waals surface area contributed by atoms with E-state index in [0.717, 1.165) is 18.4 Å². The Morgan fingerprint density at radius 3 is 2.25 bits per heavy atom. The molecule has 0 aromatic heterocycles. The van der Waals surface area contributed by atoms with Gasteiger partial charge in [-0.05, 0) is 18.4 Å². The molecule has 0 amide bonds. The molecule has 1 fully saturated rings. The molecule has 0 aliphatic heterocycles. The van der Waals surface area contributed by atoms with Gasteiger partial charge in [0.2, 0.25) is 0 Å². The average Bonchev–Trinajstić information content (AvgIpc) is 2.79. The summed E-state index contributed by atoms with van der Waals surface area (Å²) >= 11 is 0. The number of non-ortho nitro benzene ring substituents is 1. The van der Waals surface area contributed by atoms with Gasteiger partial charge in [-0.2, -0.15) is 0 Å². The van der Waals surface area contributed by atoms with E-state index in [9.17, 15) is 10.1 Å². The Labute approximate surface area is 94.6 Å². The highest BCUT2D eigenvalue weighted by Gasteiger charge is 2.34. The van der Waals surface area contributed by atoms with Crippen LogP contribution in [-0.4, -0.2) is 11.5 Å². The van der Waals surface area contributed by atoms with Crippen molar-refractivity contribution in [3.05, 3.63) is 39.9 Å². The van der Waals surface area contributed by atoms with Gasteiger partial charge in [-0.3, -0.25) is 10.1 Å². The summed E-state index contributed by atoms with van der Waals surface area (Å²) in [6.07, 6.45) is 4.60. The highest BCUT2D eigenvalue weighted by atomic mass is 16.6. The van der Waals surface area contributed by atoms with Gasteiger partial charge in [-0.15, -0.1) is 0 Å². The van der Waals surface area contributed by atoms with Gasteiger partial charge in [-0.25, -0.2) is 0 Å². The van der Waals surface area contributed by atoms with Crippen LogP contribution in [0.5, 0.6) is 0 Å². The lowest BCUT2D eigenvalue weighted by atomic mass is 9.79. The van der Waals surface area contributed by atoms with Crippen LogP contribution < -0.4 is 5.73 Å². The smallest absolute Gasteiger partial charge is 0.269 e. The van der Waals surface area contributed by atoms with Crippen molar-refractivity contribution in [3.63, 3.8) is 0 Å². The van der Waals surface area contributed by atoms with E-state index in [2.05, 4.69) is 0 Å². The number of nitrogens with zero attached hydrogens (tertiary/aromatic N) is 1. The maximum absolute atomic E-state index is 10.6. The van der Waals surface area contributed by atoms with E-state index < -0.39 is 0 Å². The fourth-order valence-corrected chi connectivity index (χ4v) is 2.60. The van der Waals surface area contributed by atoms with Gasteiger partial charge in [0, 0.05) is 24.1 Å². The lowest BCUT2D eigenvalue weighted by Gasteiger charge is -2.27. The van der Waals surface area contributed by atoms with Crippen LogP contribution in [0.1, 0.15) is 31.2 Å². The van der Waals surface area contributed by atoms with Crippen molar-refractivity contribution in [1.82, 2.24) is 0 Å². The third-order valence-corrected chi connectivity index (χ3v) is 3.64.